The predicted molar refractivity (Wildman–Crippen MR) is 87.5 cm³/mol. The van der Waals surface area contributed by atoms with Crippen LogP contribution in [0.15, 0.2) is 41.5 Å². The first-order chi connectivity index (χ1) is 11.0. The molecular formula is C16H15ClN2O4. The number of carbonyl (C=O) groups is 1. The number of ether oxygens (including phenoxy) is 1. The zero-order chi connectivity index (χ0) is 16.8. The smallest absolute Gasteiger partial charge is 0.271 e. The van der Waals surface area contributed by atoms with Gasteiger partial charge in [-0.1, -0.05) is 11.6 Å². The molecule has 0 unspecified atom stereocenters. The number of phenols is 2. The van der Waals surface area contributed by atoms with Crippen molar-refractivity contribution in [3.63, 3.8) is 0 Å². The molecule has 0 fully saturated rings. The molecule has 120 valence electrons. The number of hydrogen-bond donors (Lipinski definition) is 3. The van der Waals surface area contributed by atoms with Crippen molar-refractivity contribution in [1.29, 1.82) is 0 Å². The molecule has 2 aromatic rings. The summed E-state index contributed by atoms with van der Waals surface area (Å²) in [6.07, 6.45) is 1.38. The minimum absolute atomic E-state index is 0.0761. The number of nitrogens with one attached hydrogen (secondary N) is 1. The second-order valence-corrected chi connectivity index (χ2v) is 4.94. The van der Waals surface area contributed by atoms with E-state index in [-0.39, 0.29) is 22.3 Å². The van der Waals surface area contributed by atoms with E-state index in [1.54, 1.807) is 13.0 Å². The molecule has 0 saturated heterocycles. The fourth-order valence-corrected chi connectivity index (χ4v) is 2.00. The van der Waals surface area contributed by atoms with E-state index in [0.717, 1.165) is 0 Å². The Labute approximate surface area is 138 Å². The molecule has 2 rings (SSSR count). The van der Waals surface area contributed by atoms with Crippen molar-refractivity contribution < 1.29 is 19.7 Å². The van der Waals surface area contributed by atoms with Crippen LogP contribution in [0.5, 0.6) is 17.2 Å². The lowest BCUT2D eigenvalue weighted by Crippen LogP contribution is -2.17. The van der Waals surface area contributed by atoms with E-state index in [1.165, 1.54) is 36.5 Å². The van der Waals surface area contributed by atoms with E-state index < -0.39 is 5.91 Å². The number of nitrogens with zero attached hydrogens (tertiary/aromatic N) is 1. The van der Waals surface area contributed by atoms with Gasteiger partial charge in [0, 0.05) is 5.56 Å². The number of hydrazone groups is 1. The highest BCUT2D eigenvalue weighted by molar-refractivity contribution is 6.32. The predicted octanol–water partition coefficient (Wildman–Crippen LogP) is 2.91. The number of rotatable bonds is 5. The molecule has 0 aliphatic carbocycles. The Balaban J connectivity index is 2.08. The standard InChI is InChI=1S/C16H15ClN2O4/c1-2-23-14-8-10(7-13(17)15(14)21)9-18-19-16(22)11-3-5-12(20)6-4-11/h3-9,20-21H,2H2,1H3,(H,19,22)/b18-9-. The average molecular weight is 335 g/mol. The van der Waals surface area contributed by atoms with Crippen molar-refractivity contribution in [2.24, 2.45) is 5.10 Å². The van der Waals surface area contributed by atoms with Crippen LogP contribution in [0.25, 0.3) is 0 Å². The molecule has 1 amide bonds. The van der Waals surface area contributed by atoms with E-state index >= 15 is 0 Å². The van der Waals surface area contributed by atoms with Crippen LogP contribution < -0.4 is 10.2 Å². The summed E-state index contributed by atoms with van der Waals surface area (Å²) in [4.78, 5) is 11.8. The monoisotopic (exact) mass is 334 g/mol. The average Bonchev–Trinajstić information content (AvgIpc) is 2.53. The van der Waals surface area contributed by atoms with Crippen LogP contribution in [-0.4, -0.2) is 28.9 Å². The van der Waals surface area contributed by atoms with Gasteiger partial charge in [-0.2, -0.15) is 5.10 Å². The summed E-state index contributed by atoms with van der Waals surface area (Å²) in [6.45, 7) is 2.16. The first-order valence-corrected chi connectivity index (χ1v) is 7.16. The molecule has 0 spiro atoms. The maximum atomic E-state index is 11.8. The fraction of sp³-hybridized carbons (Fsp3) is 0.125. The number of aromatic hydroxyl groups is 2. The molecule has 0 saturated carbocycles. The van der Waals surface area contributed by atoms with Crippen molar-refractivity contribution >= 4 is 23.7 Å². The number of amides is 1. The van der Waals surface area contributed by atoms with Gasteiger partial charge in [0.25, 0.3) is 5.91 Å². The Morgan fingerprint density at radius 2 is 2.00 bits per heavy atom. The van der Waals surface area contributed by atoms with Gasteiger partial charge in [-0.25, -0.2) is 5.43 Å². The largest absolute Gasteiger partial charge is 0.508 e. The van der Waals surface area contributed by atoms with Gasteiger partial charge in [0.05, 0.1) is 17.8 Å². The molecule has 2 aromatic carbocycles. The summed E-state index contributed by atoms with van der Waals surface area (Å²) in [5, 5.41) is 22.9. The SMILES string of the molecule is CCOc1cc(/C=N\NC(=O)c2ccc(O)cc2)cc(Cl)c1O. The Hall–Kier alpha value is -2.73. The normalized spacial score (nSPS) is 10.7. The van der Waals surface area contributed by atoms with Crippen LogP contribution in [-0.2, 0) is 0 Å². The molecule has 0 radical (unpaired) electrons. The summed E-state index contributed by atoms with van der Waals surface area (Å²) < 4.78 is 5.26. The zero-order valence-electron chi connectivity index (χ0n) is 12.3. The van der Waals surface area contributed by atoms with Crippen molar-refractivity contribution in [2.75, 3.05) is 6.61 Å². The first-order valence-electron chi connectivity index (χ1n) is 6.79. The van der Waals surface area contributed by atoms with Gasteiger partial charge >= 0.3 is 0 Å². The lowest BCUT2D eigenvalue weighted by Gasteiger charge is -2.08. The molecule has 3 N–H and O–H groups in total. The topological polar surface area (TPSA) is 91.2 Å². The Kier molecular flexibility index (Phi) is 5.43. The van der Waals surface area contributed by atoms with E-state index in [9.17, 15) is 15.0 Å². The van der Waals surface area contributed by atoms with E-state index in [1.807, 2.05) is 0 Å². The molecule has 0 bridgehead atoms. The fourth-order valence-electron chi connectivity index (χ4n) is 1.78. The van der Waals surface area contributed by atoms with Crippen LogP contribution in [0, 0.1) is 0 Å². The third-order valence-corrected chi connectivity index (χ3v) is 3.15. The molecule has 23 heavy (non-hydrogen) atoms. The summed E-state index contributed by atoms with van der Waals surface area (Å²) in [5.41, 5.74) is 3.27. The zero-order valence-corrected chi connectivity index (χ0v) is 13.0. The second-order valence-electron chi connectivity index (χ2n) is 4.53. The minimum Gasteiger partial charge on any atom is -0.508 e. The number of benzene rings is 2. The van der Waals surface area contributed by atoms with Gasteiger partial charge < -0.3 is 14.9 Å². The van der Waals surface area contributed by atoms with Gasteiger partial charge in [-0.15, -0.1) is 0 Å². The Morgan fingerprint density at radius 3 is 2.65 bits per heavy atom. The highest BCUT2D eigenvalue weighted by Crippen LogP contribution is 2.34. The van der Waals surface area contributed by atoms with Crippen molar-refractivity contribution in [3.8, 4) is 17.2 Å². The molecule has 7 heteroatoms. The number of carbonyl (C=O) groups excluding carboxylic acids is 1. The maximum Gasteiger partial charge on any atom is 0.271 e. The van der Waals surface area contributed by atoms with Crippen molar-refractivity contribution in [1.82, 2.24) is 5.43 Å². The Bertz CT molecular complexity index is 730. The molecule has 0 aliphatic rings. The van der Waals surface area contributed by atoms with Crippen LogP contribution in [0.3, 0.4) is 0 Å². The molecule has 0 aliphatic heterocycles. The first kappa shape index (κ1) is 16.6. The van der Waals surface area contributed by atoms with Gasteiger partial charge in [0.15, 0.2) is 11.5 Å². The van der Waals surface area contributed by atoms with Crippen molar-refractivity contribution in [3.05, 3.63) is 52.5 Å². The number of hydrogen-bond acceptors (Lipinski definition) is 5. The van der Waals surface area contributed by atoms with E-state index in [2.05, 4.69) is 10.5 Å². The molecule has 0 heterocycles. The summed E-state index contributed by atoms with van der Waals surface area (Å²) in [5.74, 6) is -0.242. The lowest BCUT2D eigenvalue weighted by atomic mass is 10.2. The van der Waals surface area contributed by atoms with Gasteiger partial charge in [0.1, 0.15) is 5.75 Å². The summed E-state index contributed by atoms with van der Waals surface area (Å²) >= 11 is 5.90. The highest BCUT2D eigenvalue weighted by atomic mass is 35.5. The van der Waals surface area contributed by atoms with Gasteiger partial charge in [0.2, 0.25) is 0 Å². The minimum atomic E-state index is -0.420. The quantitative estimate of drug-likeness (QED) is 0.579. The van der Waals surface area contributed by atoms with Crippen LogP contribution in [0.4, 0.5) is 0 Å². The van der Waals surface area contributed by atoms with Gasteiger partial charge in [-0.05, 0) is 48.9 Å². The van der Waals surface area contributed by atoms with Crippen molar-refractivity contribution in [2.45, 2.75) is 6.92 Å². The van der Waals surface area contributed by atoms with Crippen LogP contribution in [0.2, 0.25) is 5.02 Å². The highest BCUT2D eigenvalue weighted by Gasteiger charge is 2.09. The summed E-state index contributed by atoms with van der Waals surface area (Å²) in [7, 11) is 0. The summed E-state index contributed by atoms with van der Waals surface area (Å²) in [6, 6.07) is 8.83. The number of halogens is 1. The molecular weight excluding hydrogens is 320 g/mol. The maximum absolute atomic E-state index is 11.8. The third-order valence-electron chi connectivity index (χ3n) is 2.86. The lowest BCUT2D eigenvalue weighted by molar-refractivity contribution is 0.0955. The third kappa shape index (κ3) is 4.37. The molecule has 0 aromatic heterocycles. The molecule has 6 nitrogen and oxygen atoms in total. The molecule has 0 atom stereocenters. The van der Waals surface area contributed by atoms with Gasteiger partial charge in [-0.3, -0.25) is 4.79 Å². The Morgan fingerprint density at radius 1 is 1.30 bits per heavy atom. The van der Waals surface area contributed by atoms with Crippen LogP contribution >= 0.6 is 11.6 Å². The van der Waals surface area contributed by atoms with E-state index in [4.69, 9.17) is 16.3 Å². The van der Waals surface area contributed by atoms with E-state index in [0.29, 0.717) is 17.7 Å². The number of phenolic OH excluding ortho intramolecular Hbond substituents is 2. The van der Waals surface area contributed by atoms with Crippen LogP contribution in [0.1, 0.15) is 22.8 Å². The second kappa shape index (κ2) is 7.51.